The number of nitrogens with one attached hydrogen (secondary N) is 1. The molecular weight excluding hydrogens is 222 g/mol. The van der Waals surface area contributed by atoms with Gasteiger partial charge in [-0.2, -0.15) is 5.10 Å². The van der Waals surface area contributed by atoms with Gasteiger partial charge >= 0.3 is 0 Å². The van der Waals surface area contributed by atoms with Crippen LogP contribution in [0.25, 0.3) is 0 Å². The number of hydrazone groups is 1. The second kappa shape index (κ2) is 5.27. The molecule has 1 saturated heterocycles. The zero-order valence-corrected chi connectivity index (χ0v) is 9.94. The molecule has 0 bridgehead atoms. The van der Waals surface area contributed by atoms with Gasteiger partial charge in [0.25, 0.3) is 5.91 Å². The monoisotopic (exact) mass is 239 g/mol. The van der Waals surface area contributed by atoms with Gasteiger partial charge in [-0.25, -0.2) is 5.43 Å². The smallest absolute Gasteiger partial charge is 0.270 e. The number of morpholine rings is 1. The first-order valence-corrected chi connectivity index (χ1v) is 5.97. The molecule has 1 N–H and O–H groups in total. The predicted molar refractivity (Wildman–Crippen MR) is 61.4 cm³/mol. The summed E-state index contributed by atoms with van der Waals surface area (Å²) in [5.74, 6) is -0.207. The van der Waals surface area contributed by atoms with Crippen LogP contribution in [0.3, 0.4) is 0 Å². The van der Waals surface area contributed by atoms with Gasteiger partial charge in [0.05, 0.1) is 12.7 Å². The van der Waals surface area contributed by atoms with Crippen molar-refractivity contribution in [2.24, 2.45) is 5.10 Å². The maximum atomic E-state index is 12.1. The van der Waals surface area contributed by atoms with Gasteiger partial charge in [-0.3, -0.25) is 9.59 Å². The Morgan fingerprint density at radius 3 is 3.06 bits per heavy atom. The van der Waals surface area contributed by atoms with Gasteiger partial charge in [0.2, 0.25) is 5.91 Å². The molecule has 0 spiro atoms. The maximum absolute atomic E-state index is 12.1. The molecule has 94 valence electrons. The minimum Gasteiger partial charge on any atom is -0.375 e. The van der Waals surface area contributed by atoms with Crippen molar-refractivity contribution in [3.8, 4) is 0 Å². The van der Waals surface area contributed by atoms with Crippen molar-refractivity contribution in [3.63, 3.8) is 0 Å². The van der Waals surface area contributed by atoms with E-state index in [0.29, 0.717) is 38.2 Å². The minimum atomic E-state index is -0.130. The summed E-state index contributed by atoms with van der Waals surface area (Å²) in [7, 11) is 0. The standard InChI is InChI=1S/C11H17N3O3/c1-2-8-7-14(5-6-17-8)11(16)9-3-4-10(15)13-12-9/h8H,2-7H2,1H3,(H,13,15). The fraction of sp³-hybridized carbons (Fsp3) is 0.727. The molecule has 0 aromatic heterocycles. The number of rotatable bonds is 2. The van der Waals surface area contributed by atoms with E-state index in [1.165, 1.54) is 0 Å². The first-order valence-electron chi connectivity index (χ1n) is 5.97. The molecule has 17 heavy (non-hydrogen) atoms. The Kier molecular flexibility index (Phi) is 3.73. The van der Waals surface area contributed by atoms with Crippen LogP contribution in [-0.2, 0) is 14.3 Å². The van der Waals surface area contributed by atoms with Crippen molar-refractivity contribution in [1.82, 2.24) is 10.3 Å². The van der Waals surface area contributed by atoms with E-state index < -0.39 is 0 Å². The van der Waals surface area contributed by atoms with Crippen LogP contribution < -0.4 is 5.43 Å². The average molecular weight is 239 g/mol. The highest BCUT2D eigenvalue weighted by molar-refractivity contribution is 6.39. The van der Waals surface area contributed by atoms with Crippen LogP contribution in [-0.4, -0.2) is 48.2 Å². The van der Waals surface area contributed by atoms with Crippen LogP contribution in [0.1, 0.15) is 26.2 Å². The van der Waals surface area contributed by atoms with Crippen molar-refractivity contribution in [3.05, 3.63) is 0 Å². The van der Waals surface area contributed by atoms with E-state index in [9.17, 15) is 9.59 Å². The van der Waals surface area contributed by atoms with Crippen molar-refractivity contribution >= 4 is 17.5 Å². The van der Waals surface area contributed by atoms with E-state index in [2.05, 4.69) is 10.5 Å². The molecule has 2 rings (SSSR count). The van der Waals surface area contributed by atoms with E-state index in [1.807, 2.05) is 6.92 Å². The summed E-state index contributed by atoms with van der Waals surface area (Å²) in [5.41, 5.74) is 2.79. The molecule has 1 fully saturated rings. The molecule has 6 heteroatoms. The van der Waals surface area contributed by atoms with Crippen LogP contribution in [0.2, 0.25) is 0 Å². The highest BCUT2D eigenvalue weighted by Crippen LogP contribution is 2.11. The lowest BCUT2D eigenvalue weighted by Gasteiger charge is -2.33. The lowest BCUT2D eigenvalue weighted by Crippen LogP contribution is -2.49. The van der Waals surface area contributed by atoms with Gasteiger partial charge in [-0.15, -0.1) is 0 Å². The van der Waals surface area contributed by atoms with E-state index in [1.54, 1.807) is 4.90 Å². The lowest BCUT2D eigenvalue weighted by molar-refractivity contribution is -0.131. The quantitative estimate of drug-likeness (QED) is 0.731. The normalized spacial score (nSPS) is 25.2. The third-order valence-electron chi connectivity index (χ3n) is 3.03. The zero-order chi connectivity index (χ0) is 12.3. The van der Waals surface area contributed by atoms with Gasteiger partial charge in [0.1, 0.15) is 5.71 Å². The average Bonchev–Trinajstić information content (AvgIpc) is 2.39. The molecule has 0 aliphatic carbocycles. The third kappa shape index (κ3) is 2.82. The van der Waals surface area contributed by atoms with Crippen molar-refractivity contribution in [1.29, 1.82) is 0 Å². The lowest BCUT2D eigenvalue weighted by atomic mass is 10.1. The van der Waals surface area contributed by atoms with E-state index in [0.717, 1.165) is 6.42 Å². The molecule has 2 aliphatic rings. The second-order valence-corrected chi connectivity index (χ2v) is 4.25. The van der Waals surface area contributed by atoms with Gasteiger partial charge in [-0.1, -0.05) is 6.92 Å². The van der Waals surface area contributed by atoms with E-state index in [4.69, 9.17) is 4.74 Å². The third-order valence-corrected chi connectivity index (χ3v) is 3.03. The van der Waals surface area contributed by atoms with Gasteiger partial charge in [-0.05, 0) is 6.42 Å². The summed E-state index contributed by atoms with van der Waals surface area (Å²) in [5, 5.41) is 3.82. The number of hydrogen-bond donors (Lipinski definition) is 1. The summed E-state index contributed by atoms with van der Waals surface area (Å²) >= 11 is 0. The van der Waals surface area contributed by atoms with Crippen LogP contribution in [0.15, 0.2) is 5.10 Å². The Morgan fingerprint density at radius 1 is 1.59 bits per heavy atom. The Hall–Kier alpha value is -1.43. The van der Waals surface area contributed by atoms with Crippen molar-refractivity contribution in [2.45, 2.75) is 32.3 Å². The highest BCUT2D eigenvalue weighted by Gasteiger charge is 2.27. The zero-order valence-electron chi connectivity index (χ0n) is 9.94. The highest BCUT2D eigenvalue weighted by atomic mass is 16.5. The molecule has 2 amide bonds. The number of amides is 2. The number of ether oxygens (including phenoxy) is 1. The largest absolute Gasteiger partial charge is 0.375 e. The second-order valence-electron chi connectivity index (χ2n) is 4.25. The Balaban J connectivity index is 1.97. The van der Waals surface area contributed by atoms with Crippen LogP contribution in [0, 0.1) is 0 Å². The maximum Gasteiger partial charge on any atom is 0.270 e. The SMILES string of the molecule is CCC1CN(C(=O)C2=NNC(=O)CC2)CCO1. The topological polar surface area (TPSA) is 71.0 Å². The minimum absolute atomic E-state index is 0.0771. The molecule has 2 heterocycles. The molecule has 0 radical (unpaired) electrons. The van der Waals surface area contributed by atoms with Gasteiger partial charge in [0, 0.05) is 25.9 Å². The molecule has 0 saturated carbocycles. The van der Waals surface area contributed by atoms with E-state index in [-0.39, 0.29) is 17.9 Å². The number of carbonyl (C=O) groups excluding carboxylic acids is 2. The first-order chi connectivity index (χ1) is 8.20. The number of nitrogens with zero attached hydrogens (tertiary/aromatic N) is 2. The number of hydrogen-bond acceptors (Lipinski definition) is 4. The van der Waals surface area contributed by atoms with Crippen molar-refractivity contribution in [2.75, 3.05) is 19.7 Å². The summed E-state index contributed by atoms with van der Waals surface area (Å²) in [4.78, 5) is 24.8. The molecule has 0 aromatic carbocycles. The summed E-state index contributed by atoms with van der Waals surface area (Å²) in [6.45, 7) is 3.82. The van der Waals surface area contributed by atoms with Crippen molar-refractivity contribution < 1.29 is 14.3 Å². The first kappa shape index (κ1) is 12.0. The fourth-order valence-electron chi connectivity index (χ4n) is 1.96. The fourth-order valence-corrected chi connectivity index (χ4v) is 1.96. The summed E-state index contributed by atoms with van der Waals surface area (Å²) in [6.07, 6.45) is 1.78. The Bertz CT molecular complexity index is 354. The Morgan fingerprint density at radius 2 is 2.41 bits per heavy atom. The summed E-state index contributed by atoms with van der Waals surface area (Å²) in [6, 6.07) is 0. The van der Waals surface area contributed by atoms with Gasteiger partial charge < -0.3 is 9.64 Å². The summed E-state index contributed by atoms with van der Waals surface area (Å²) < 4.78 is 5.51. The molecule has 1 atom stereocenters. The molecule has 0 aromatic rings. The van der Waals surface area contributed by atoms with Crippen LogP contribution in [0.5, 0.6) is 0 Å². The van der Waals surface area contributed by atoms with Gasteiger partial charge in [0.15, 0.2) is 0 Å². The molecule has 1 unspecified atom stereocenters. The predicted octanol–water partition coefficient (Wildman–Crippen LogP) is -0.110. The van der Waals surface area contributed by atoms with E-state index >= 15 is 0 Å². The van der Waals surface area contributed by atoms with Crippen LogP contribution in [0.4, 0.5) is 0 Å². The number of carbonyl (C=O) groups is 2. The molecule has 6 nitrogen and oxygen atoms in total. The molecular formula is C11H17N3O3. The van der Waals surface area contributed by atoms with Crippen LogP contribution >= 0.6 is 0 Å². The molecule has 2 aliphatic heterocycles. The Labute approximate surface area is 100.0 Å².